The molecule has 1 amide bonds. The lowest BCUT2D eigenvalue weighted by atomic mass is 10.1. The van der Waals surface area contributed by atoms with Gasteiger partial charge in [0.05, 0.1) is 19.9 Å². The van der Waals surface area contributed by atoms with E-state index in [1.807, 2.05) is 43.3 Å². The van der Waals surface area contributed by atoms with Crippen LogP contribution in [0.25, 0.3) is 0 Å². The number of hydrogen-bond acceptors (Lipinski definition) is 6. The standard InChI is InChI=1S/C20H22N4O3/c1-14-12-17(24-20(23-14)22-13-16-7-5-11-27-16)19(25)21-10-9-15-6-3-4-8-18(15)26-2/h3-8,11-12H,9-10,13H2,1-2H3,(H,21,25)(H,22,23,24). The number of anilines is 1. The van der Waals surface area contributed by atoms with Crippen molar-refractivity contribution >= 4 is 11.9 Å². The van der Waals surface area contributed by atoms with Gasteiger partial charge in [-0.3, -0.25) is 4.79 Å². The Bertz CT molecular complexity index is 894. The van der Waals surface area contributed by atoms with E-state index < -0.39 is 0 Å². The summed E-state index contributed by atoms with van der Waals surface area (Å²) in [5.74, 6) is 1.73. The van der Waals surface area contributed by atoms with E-state index in [1.165, 1.54) is 0 Å². The van der Waals surface area contributed by atoms with E-state index >= 15 is 0 Å². The van der Waals surface area contributed by atoms with E-state index in [0.717, 1.165) is 17.1 Å². The number of aryl methyl sites for hydroxylation is 1. The Morgan fingerprint density at radius 2 is 2.04 bits per heavy atom. The second-order valence-corrected chi connectivity index (χ2v) is 5.97. The quantitative estimate of drug-likeness (QED) is 0.637. The minimum atomic E-state index is -0.239. The van der Waals surface area contributed by atoms with Gasteiger partial charge >= 0.3 is 0 Å². The molecule has 0 atom stereocenters. The van der Waals surface area contributed by atoms with Crippen LogP contribution in [0.5, 0.6) is 5.75 Å². The van der Waals surface area contributed by atoms with Gasteiger partial charge in [0, 0.05) is 12.2 Å². The third-order valence-corrected chi connectivity index (χ3v) is 3.96. The number of para-hydroxylation sites is 1. The van der Waals surface area contributed by atoms with E-state index in [-0.39, 0.29) is 5.91 Å². The first-order valence-corrected chi connectivity index (χ1v) is 8.68. The first kappa shape index (κ1) is 18.4. The number of carbonyl (C=O) groups is 1. The van der Waals surface area contributed by atoms with Gasteiger partial charge in [-0.2, -0.15) is 0 Å². The number of rotatable bonds is 8. The summed E-state index contributed by atoms with van der Waals surface area (Å²) < 4.78 is 10.6. The first-order chi connectivity index (χ1) is 13.2. The molecule has 0 aliphatic heterocycles. The average molecular weight is 366 g/mol. The van der Waals surface area contributed by atoms with Crippen molar-refractivity contribution in [2.45, 2.75) is 19.9 Å². The van der Waals surface area contributed by atoms with Crippen LogP contribution in [0, 0.1) is 6.92 Å². The molecule has 0 unspecified atom stereocenters. The molecule has 0 spiro atoms. The Kier molecular flexibility index (Phi) is 6.04. The monoisotopic (exact) mass is 366 g/mol. The van der Waals surface area contributed by atoms with Gasteiger partial charge in [0.25, 0.3) is 5.91 Å². The predicted molar refractivity (Wildman–Crippen MR) is 102 cm³/mol. The van der Waals surface area contributed by atoms with Crippen molar-refractivity contribution in [1.29, 1.82) is 0 Å². The number of hydrogen-bond donors (Lipinski definition) is 2. The highest BCUT2D eigenvalue weighted by Gasteiger charge is 2.11. The number of amides is 1. The highest BCUT2D eigenvalue weighted by molar-refractivity contribution is 5.92. The third-order valence-electron chi connectivity index (χ3n) is 3.96. The number of methoxy groups -OCH3 is 1. The number of nitrogens with one attached hydrogen (secondary N) is 2. The largest absolute Gasteiger partial charge is 0.496 e. The number of benzene rings is 1. The van der Waals surface area contributed by atoms with Crippen LogP contribution in [-0.4, -0.2) is 29.5 Å². The molecular formula is C20H22N4O3. The fourth-order valence-corrected chi connectivity index (χ4v) is 2.65. The average Bonchev–Trinajstić information content (AvgIpc) is 3.20. The smallest absolute Gasteiger partial charge is 0.270 e. The van der Waals surface area contributed by atoms with Crippen LogP contribution in [0.2, 0.25) is 0 Å². The fraction of sp³-hybridized carbons (Fsp3) is 0.250. The Morgan fingerprint density at radius 1 is 1.19 bits per heavy atom. The van der Waals surface area contributed by atoms with Gasteiger partial charge in [-0.15, -0.1) is 0 Å². The molecule has 27 heavy (non-hydrogen) atoms. The minimum Gasteiger partial charge on any atom is -0.496 e. The van der Waals surface area contributed by atoms with Gasteiger partial charge in [-0.1, -0.05) is 18.2 Å². The Hall–Kier alpha value is -3.35. The summed E-state index contributed by atoms with van der Waals surface area (Å²) in [4.78, 5) is 21.0. The molecule has 7 nitrogen and oxygen atoms in total. The van der Waals surface area contributed by atoms with Crippen LogP contribution in [0.4, 0.5) is 5.95 Å². The van der Waals surface area contributed by atoms with Crippen LogP contribution >= 0.6 is 0 Å². The molecule has 0 saturated heterocycles. The molecule has 0 radical (unpaired) electrons. The number of furan rings is 1. The predicted octanol–water partition coefficient (Wildman–Crippen LogP) is 2.97. The molecule has 0 aliphatic carbocycles. The minimum absolute atomic E-state index is 0.239. The van der Waals surface area contributed by atoms with Gasteiger partial charge in [0.15, 0.2) is 0 Å². The third kappa shape index (κ3) is 5.07. The number of aromatic nitrogens is 2. The molecule has 2 aromatic heterocycles. The number of ether oxygens (including phenoxy) is 1. The maximum absolute atomic E-state index is 12.4. The zero-order chi connectivity index (χ0) is 19.1. The molecule has 1 aromatic carbocycles. The van der Waals surface area contributed by atoms with E-state index in [4.69, 9.17) is 9.15 Å². The van der Waals surface area contributed by atoms with E-state index in [2.05, 4.69) is 20.6 Å². The van der Waals surface area contributed by atoms with Crippen molar-refractivity contribution in [1.82, 2.24) is 15.3 Å². The summed E-state index contributed by atoms with van der Waals surface area (Å²) in [6.07, 6.45) is 2.28. The molecule has 3 aromatic rings. The zero-order valence-corrected chi connectivity index (χ0v) is 15.4. The molecule has 0 fully saturated rings. The van der Waals surface area contributed by atoms with Crippen LogP contribution in [0.15, 0.2) is 53.1 Å². The summed E-state index contributed by atoms with van der Waals surface area (Å²) in [7, 11) is 1.64. The highest BCUT2D eigenvalue weighted by atomic mass is 16.5. The molecule has 2 N–H and O–H groups in total. The SMILES string of the molecule is COc1ccccc1CCNC(=O)c1cc(C)nc(NCc2ccco2)n1. The lowest BCUT2D eigenvalue weighted by molar-refractivity contribution is 0.0949. The van der Waals surface area contributed by atoms with Crippen molar-refractivity contribution < 1.29 is 13.9 Å². The van der Waals surface area contributed by atoms with Crippen LogP contribution in [-0.2, 0) is 13.0 Å². The Morgan fingerprint density at radius 3 is 2.81 bits per heavy atom. The summed E-state index contributed by atoms with van der Waals surface area (Å²) in [5, 5.41) is 5.96. The van der Waals surface area contributed by atoms with Crippen molar-refractivity contribution in [3.8, 4) is 5.75 Å². The maximum Gasteiger partial charge on any atom is 0.270 e. The molecule has 140 valence electrons. The van der Waals surface area contributed by atoms with E-state index in [9.17, 15) is 4.79 Å². The first-order valence-electron chi connectivity index (χ1n) is 8.68. The lowest BCUT2D eigenvalue weighted by Gasteiger charge is -2.10. The highest BCUT2D eigenvalue weighted by Crippen LogP contribution is 2.17. The zero-order valence-electron chi connectivity index (χ0n) is 15.4. The van der Waals surface area contributed by atoms with Gasteiger partial charge in [0.1, 0.15) is 17.2 Å². The summed E-state index contributed by atoms with van der Waals surface area (Å²) >= 11 is 0. The Balaban J connectivity index is 1.59. The molecule has 0 aliphatic rings. The maximum atomic E-state index is 12.4. The van der Waals surface area contributed by atoms with Crippen molar-refractivity contribution in [3.05, 3.63) is 71.4 Å². The molecule has 7 heteroatoms. The van der Waals surface area contributed by atoms with Crippen molar-refractivity contribution in [3.63, 3.8) is 0 Å². The summed E-state index contributed by atoms with van der Waals surface area (Å²) in [6.45, 7) is 2.76. The summed E-state index contributed by atoms with van der Waals surface area (Å²) in [5.41, 5.74) is 2.08. The topological polar surface area (TPSA) is 89.3 Å². The van der Waals surface area contributed by atoms with Crippen molar-refractivity contribution in [2.24, 2.45) is 0 Å². The lowest BCUT2D eigenvalue weighted by Crippen LogP contribution is -2.27. The van der Waals surface area contributed by atoms with Crippen LogP contribution in [0.3, 0.4) is 0 Å². The molecule has 0 saturated carbocycles. The van der Waals surface area contributed by atoms with Crippen LogP contribution in [0.1, 0.15) is 27.5 Å². The fourth-order valence-electron chi connectivity index (χ4n) is 2.65. The Labute approximate surface area is 157 Å². The second kappa shape index (κ2) is 8.84. The van der Waals surface area contributed by atoms with E-state index in [1.54, 1.807) is 19.4 Å². The van der Waals surface area contributed by atoms with Gasteiger partial charge < -0.3 is 19.8 Å². The molecule has 2 heterocycles. The van der Waals surface area contributed by atoms with Gasteiger partial charge in [-0.25, -0.2) is 9.97 Å². The number of nitrogens with zero attached hydrogens (tertiary/aromatic N) is 2. The molecule has 0 bridgehead atoms. The second-order valence-electron chi connectivity index (χ2n) is 5.97. The van der Waals surface area contributed by atoms with E-state index in [0.29, 0.717) is 36.8 Å². The van der Waals surface area contributed by atoms with Crippen molar-refractivity contribution in [2.75, 3.05) is 19.0 Å². The van der Waals surface area contributed by atoms with Gasteiger partial charge in [-0.05, 0) is 43.2 Å². The van der Waals surface area contributed by atoms with Gasteiger partial charge in [0.2, 0.25) is 5.95 Å². The number of carbonyl (C=O) groups excluding carboxylic acids is 1. The molecular weight excluding hydrogens is 344 g/mol. The normalized spacial score (nSPS) is 10.4. The summed E-state index contributed by atoms with van der Waals surface area (Å²) in [6, 6.07) is 13.1. The van der Waals surface area contributed by atoms with Crippen LogP contribution < -0.4 is 15.4 Å². The molecule has 3 rings (SSSR count).